The summed E-state index contributed by atoms with van der Waals surface area (Å²) in [5, 5.41) is 3.95. The van der Waals surface area contributed by atoms with E-state index in [0.29, 0.717) is 17.9 Å². The Bertz CT molecular complexity index is 809. The molecule has 0 aromatic heterocycles. The van der Waals surface area contributed by atoms with Crippen molar-refractivity contribution in [3.8, 4) is 5.75 Å². The van der Waals surface area contributed by atoms with Gasteiger partial charge in [-0.3, -0.25) is 0 Å². The van der Waals surface area contributed by atoms with E-state index in [4.69, 9.17) is 9.57 Å². The van der Waals surface area contributed by atoms with Crippen LogP contribution in [0.25, 0.3) is 6.08 Å². The first-order valence-electron chi connectivity index (χ1n) is 9.08. The lowest BCUT2D eigenvalue weighted by molar-refractivity contribution is -0.136. The molecule has 0 bridgehead atoms. The van der Waals surface area contributed by atoms with E-state index in [0.717, 1.165) is 29.7 Å². The van der Waals surface area contributed by atoms with E-state index in [9.17, 15) is 4.79 Å². The Morgan fingerprint density at radius 1 is 1.00 bits per heavy atom. The monoisotopic (exact) mass is 349 g/mol. The highest BCUT2D eigenvalue weighted by atomic mass is 16.7. The third-order valence-corrected chi connectivity index (χ3v) is 4.22. The molecular weight excluding hydrogens is 326 g/mol. The summed E-state index contributed by atoms with van der Waals surface area (Å²) in [5.41, 5.74) is 2.69. The van der Waals surface area contributed by atoms with Crippen LogP contribution in [0.3, 0.4) is 0 Å². The van der Waals surface area contributed by atoms with Gasteiger partial charge in [0.1, 0.15) is 11.5 Å². The van der Waals surface area contributed by atoms with Crippen molar-refractivity contribution in [3.05, 3.63) is 71.3 Å². The van der Waals surface area contributed by atoms with Gasteiger partial charge in [-0.25, -0.2) is 4.79 Å². The lowest BCUT2D eigenvalue weighted by Gasteiger charge is -2.09. The minimum Gasteiger partial charge on any atom is -0.493 e. The van der Waals surface area contributed by atoms with Gasteiger partial charge in [0.15, 0.2) is 0 Å². The summed E-state index contributed by atoms with van der Waals surface area (Å²) in [4.78, 5) is 17.1. The van der Waals surface area contributed by atoms with Crippen molar-refractivity contribution in [1.29, 1.82) is 0 Å². The van der Waals surface area contributed by atoms with E-state index >= 15 is 0 Å². The standard InChI is InChI=1S/C22H23NO3/c1-2-3-4-10-15-25-20-14-9-8-13-18(20)16-19-21(23-26-22(19)24)17-11-6-5-7-12-17/h5-9,11-14,16H,2-4,10,15H2,1H3/b19-16+. The molecule has 0 N–H and O–H groups in total. The van der Waals surface area contributed by atoms with E-state index in [2.05, 4.69) is 12.1 Å². The molecule has 1 heterocycles. The van der Waals surface area contributed by atoms with Crippen LogP contribution < -0.4 is 4.74 Å². The van der Waals surface area contributed by atoms with Crippen LogP contribution >= 0.6 is 0 Å². The Labute approximate surface area is 154 Å². The van der Waals surface area contributed by atoms with Gasteiger partial charge in [-0.1, -0.05) is 79.9 Å². The lowest BCUT2D eigenvalue weighted by Crippen LogP contribution is -2.07. The van der Waals surface area contributed by atoms with E-state index in [1.54, 1.807) is 6.08 Å². The number of para-hydroxylation sites is 1. The second-order valence-electron chi connectivity index (χ2n) is 6.19. The normalized spacial score (nSPS) is 15.0. The summed E-state index contributed by atoms with van der Waals surface area (Å²) >= 11 is 0. The SMILES string of the molecule is CCCCCCOc1ccccc1/C=C1/C(=O)ON=C1c1ccccc1. The van der Waals surface area contributed by atoms with E-state index in [1.165, 1.54) is 12.8 Å². The molecule has 134 valence electrons. The summed E-state index contributed by atoms with van der Waals surface area (Å²) in [7, 11) is 0. The van der Waals surface area contributed by atoms with Crippen molar-refractivity contribution in [2.24, 2.45) is 5.16 Å². The molecule has 0 unspecified atom stereocenters. The molecule has 0 atom stereocenters. The molecule has 0 spiro atoms. The van der Waals surface area contributed by atoms with Crippen LogP contribution in [0.2, 0.25) is 0 Å². The third-order valence-electron chi connectivity index (χ3n) is 4.22. The van der Waals surface area contributed by atoms with Crippen molar-refractivity contribution >= 4 is 17.8 Å². The minimum absolute atomic E-state index is 0.443. The van der Waals surface area contributed by atoms with Crippen molar-refractivity contribution in [1.82, 2.24) is 0 Å². The molecule has 0 saturated carbocycles. The molecule has 1 aliphatic heterocycles. The smallest absolute Gasteiger partial charge is 0.368 e. The van der Waals surface area contributed by atoms with Crippen LogP contribution in [-0.2, 0) is 9.63 Å². The fourth-order valence-corrected chi connectivity index (χ4v) is 2.81. The van der Waals surface area contributed by atoms with Crippen LogP contribution in [0.1, 0.15) is 43.7 Å². The van der Waals surface area contributed by atoms with Gasteiger partial charge < -0.3 is 9.57 Å². The van der Waals surface area contributed by atoms with Crippen LogP contribution in [0, 0.1) is 0 Å². The number of unbranched alkanes of at least 4 members (excludes halogenated alkanes) is 3. The molecule has 0 saturated heterocycles. The molecule has 4 heteroatoms. The number of oxime groups is 1. The second-order valence-corrected chi connectivity index (χ2v) is 6.19. The number of benzene rings is 2. The van der Waals surface area contributed by atoms with Crippen LogP contribution in [0.4, 0.5) is 0 Å². The van der Waals surface area contributed by atoms with Crippen LogP contribution in [0.15, 0.2) is 65.3 Å². The first-order valence-corrected chi connectivity index (χ1v) is 9.08. The largest absolute Gasteiger partial charge is 0.493 e. The Hall–Kier alpha value is -2.88. The van der Waals surface area contributed by atoms with E-state index in [-0.39, 0.29) is 0 Å². The first-order chi connectivity index (χ1) is 12.8. The highest BCUT2D eigenvalue weighted by Gasteiger charge is 2.27. The molecule has 0 aliphatic carbocycles. The maximum absolute atomic E-state index is 12.2. The molecule has 0 fully saturated rings. The highest BCUT2D eigenvalue weighted by Crippen LogP contribution is 2.26. The second kappa shape index (κ2) is 8.99. The minimum atomic E-state index is -0.443. The predicted octanol–water partition coefficient (Wildman–Crippen LogP) is 4.99. The topological polar surface area (TPSA) is 47.9 Å². The summed E-state index contributed by atoms with van der Waals surface area (Å²) in [5.74, 6) is 0.324. The summed E-state index contributed by atoms with van der Waals surface area (Å²) in [6, 6.07) is 17.3. The maximum Gasteiger partial charge on any atom is 0.368 e. The molecule has 0 amide bonds. The number of hydrogen-bond acceptors (Lipinski definition) is 4. The number of hydrogen-bond donors (Lipinski definition) is 0. The maximum atomic E-state index is 12.2. The third kappa shape index (κ3) is 4.39. The number of nitrogens with zero attached hydrogens (tertiary/aromatic N) is 1. The number of ether oxygens (including phenoxy) is 1. The number of carbonyl (C=O) groups is 1. The molecule has 26 heavy (non-hydrogen) atoms. The van der Waals surface area contributed by atoms with Gasteiger partial charge in [0.05, 0.1) is 12.2 Å². The van der Waals surface area contributed by atoms with Crippen molar-refractivity contribution in [2.45, 2.75) is 32.6 Å². The van der Waals surface area contributed by atoms with E-state index < -0.39 is 5.97 Å². The highest BCUT2D eigenvalue weighted by molar-refractivity contribution is 6.31. The summed E-state index contributed by atoms with van der Waals surface area (Å²) in [6.45, 7) is 2.86. The molecule has 2 aromatic rings. The molecular formula is C22H23NO3. The zero-order valence-electron chi connectivity index (χ0n) is 15.0. The Balaban J connectivity index is 1.80. The number of rotatable bonds is 8. The lowest BCUT2D eigenvalue weighted by atomic mass is 10.0. The van der Waals surface area contributed by atoms with Crippen molar-refractivity contribution in [2.75, 3.05) is 6.61 Å². The summed E-state index contributed by atoms with van der Waals surface area (Å²) < 4.78 is 5.93. The zero-order valence-corrected chi connectivity index (χ0v) is 15.0. The summed E-state index contributed by atoms with van der Waals surface area (Å²) in [6.07, 6.45) is 6.40. The van der Waals surface area contributed by atoms with Crippen molar-refractivity contribution in [3.63, 3.8) is 0 Å². The first kappa shape index (κ1) is 17.9. The predicted molar refractivity (Wildman–Crippen MR) is 103 cm³/mol. The quantitative estimate of drug-likeness (QED) is 0.383. The average molecular weight is 349 g/mol. The Morgan fingerprint density at radius 3 is 2.58 bits per heavy atom. The van der Waals surface area contributed by atoms with E-state index in [1.807, 2.05) is 54.6 Å². The molecule has 0 radical (unpaired) electrons. The fraction of sp³-hybridized carbons (Fsp3) is 0.273. The molecule has 3 rings (SSSR count). The molecule has 1 aliphatic rings. The Kier molecular flexibility index (Phi) is 6.20. The van der Waals surface area contributed by atoms with Gasteiger partial charge in [0.2, 0.25) is 0 Å². The van der Waals surface area contributed by atoms with Crippen LogP contribution in [-0.4, -0.2) is 18.3 Å². The van der Waals surface area contributed by atoms with Crippen molar-refractivity contribution < 1.29 is 14.4 Å². The van der Waals surface area contributed by atoms with Gasteiger partial charge in [-0.15, -0.1) is 0 Å². The van der Waals surface area contributed by atoms with Gasteiger partial charge in [0, 0.05) is 11.1 Å². The van der Waals surface area contributed by atoms with Gasteiger partial charge >= 0.3 is 5.97 Å². The average Bonchev–Trinajstić information content (AvgIpc) is 3.04. The molecule has 4 nitrogen and oxygen atoms in total. The number of carbonyl (C=O) groups excluding carboxylic acids is 1. The molecule has 2 aromatic carbocycles. The van der Waals surface area contributed by atoms with Gasteiger partial charge in [0.25, 0.3) is 0 Å². The Morgan fingerprint density at radius 2 is 1.77 bits per heavy atom. The van der Waals surface area contributed by atoms with Crippen LogP contribution in [0.5, 0.6) is 5.75 Å². The van der Waals surface area contributed by atoms with Gasteiger partial charge in [-0.05, 0) is 18.6 Å². The zero-order chi connectivity index (χ0) is 18.2. The fourth-order valence-electron chi connectivity index (χ4n) is 2.81. The van der Waals surface area contributed by atoms with Gasteiger partial charge in [-0.2, -0.15) is 0 Å².